The van der Waals surface area contributed by atoms with Crippen LogP contribution in [0.25, 0.3) is 10.9 Å². The zero-order chi connectivity index (χ0) is 24.1. The molecule has 6 nitrogen and oxygen atoms in total. The fourth-order valence-corrected chi connectivity index (χ4v) is 7.37. The van der Waals surface area contributed by atoms with Crippen molar-refractivity contribution in [3.63, 3.8) is 0 Å². The number of halogens is 2. The second-order valence-electron chi connectivity index (χ2n) is 9.73. The summed E-state index contributed by atoms with van der Waals surface area (Å²) in [7, 11) is -2.54. The van der Waals surface area contributed by atoms with Crippen molar-refractivity contribution in [1.29, 1.82) is 0 Å². The summed E-state index contributed by atoms with van der Waals surface area (Å²) in [5.74, 6) is -1.68. The van der Waals surface area contributed by atoms with E-state index in [1.807, 2.05) is 36.1 Å². The molecule has 0 unspecified atom stereocenters. The van der Waals surface area contributed by atoms with Crippen molar-refractivity contribution < 1.29 is 17.9 Å². The summed E-state index contributed by atoms with van der Waals surface area (Å²) >= 11 is 0. The molecule has 3 aromatic rings. The molecule has 5 rings (SSSR count). The molecule has 1 fully saturated rings. The molecule has 1 aromatic heterocycles. The maximum absolute atomic E-state index is 14.8. The van der Waals surface area contributed by atoms with Crippen LogP contribution in [0.3, 0.4) is 0 Å². The molecule has 0 spiro atoms. The van der Waals surface area contributed by atoms with Gasteiger partial charge in [0.2, 0.25) is 0 Å². The molecule has 1 saturated heterocycles. The van der Waals surface area contributed by atoms with Crippen molar-refractivity contribution in [3.05, 3.63) is 65.2 Å². The number of nitrogens with zero attached hydrogens (tertiary/aromatic N) is 2. The van der Waals surface area contributed by atoms with E-state index in [0.29, 0.717) is 31.0 Å². The van der Waals surface area contributed by atoms with Gasteiger partial charge in [0.05, 0.1) is 5.52 Å². The highest BCUT2D eigenvalue weighted by Crippen LogP contribution is 2.58. The summed E-state index contributed by atoms with van der Waals surface area (Å²) < 4.78 is 49.5. The fraction of sp³-hybridized carbons (Fsp3) is 0.400. The summed E-state index contributed by atoms with van der Waals surface area (Å²) in [6, 6.07) is 14.6. The first kappa shape index (κ1) is 23.3. The molecule has 0 saturated carbocycles. The molecule has 2 aliphatic rings. The lowest BCUT2D eigenvalue weighted by Gasteiger charge is -2.55. The SMILES string of the molecule is Cc1ccc2nc(N3CCC(F)(F)c4ccccc4C3)cc(NCC3(CN)CS(O)(O)C3)c2c1. The van der Waals surface area contributed by atoms with E-state index in [0.717, 1.165) is 22.2 Å². The third kappa shape index (κ3) is 4.33. The van der Waals surface area contributed by atoms with Gasteiger partial charge in [0.25, 0.3) is 5.92 Å². The summed E-state index contributed by atoms with van der Waals surface area (Å²) in [4.78, 5) is 6.73. The van der Waals surface area contributed by atoms with Crippen LogP contribution >= 0.6 is 10.6 Å². The van der Waals surface area contributed by atoms with E-state index in [-0.39, 0.29) is 35.4 Å². The second-order valence-corrected chi connectivity index (χ2v) is 11.9. The molecule has 2 aliphatic heterocycles. The van der Waals surface area contributed by atoms with Crippen LogP contribution in [0.1, 0.15) is 23.1 Å². The van der Waals surface area contributed by atoms with Crippen molar-refractivity contribution in [2.45, 2.75) is 25.8 Å². The first-order valence-electron chi connectivity index (χ1n) is 11.4. The Hall–Kier alpha value is -2.46. The zero-order valence-corrected chi connectivity index (χ0v) is 19.9. The Bertz CT molecular complexity index is 1230. The number of nitrogens with two attached hydrogens (primary N) is 1. The Morgan fingerprint density at radius 1 is 1.15 bits per heavy atom. The summed E-state index contributed by atoms with van der Waals surface area (Å²) in [5, 5.41) is 4.41. The highest BCUT2D eigenvalue weighted by Gasteiger charge is 2.47. The van der Waals surface area contributed by atoms with E-state index in [2.05, 4.69) is 5.32 Å². The number of alkyl halides is 2. The van der Waals surface area contributed by atoms with Crippen LogP contribution in [-0.2, 0) is 12.5 Å². The highest BCUT2D eigenvalue weighted by molar-refractivity contribution is 8.25. The van der Waals surface area contributed by atoms with Gasteiger partial charge in [-0.1, -0.05) is 35.9 Å². The molecule has 34 heavy (non-hydrogen) atoms. The predicted octanol–water partition coefficient (Wildman–Crippen LogP) is 5.17. The van der Waals surface area contributed by atoms with Crippen molar-refractivity contribution in [1.82, 2.24) is 4.98 Å². The molecular weight excluding hydrogens is 458 g/mol. The number of rotatable bonds is 5. The van der Waals surface area contributed by atoms with Gasteiger partial charge in [-0.25, -0.2) is 13.8 Å². The van der Waals surface area contributed by atoms with Gasteiger partial charge in [-0.05, 0) is 24.6 Å². The number of hydrogen-bond acceptors (Lipinski definition) is 6. The Morgan fingerprint density at radius 2 is 1.91 bits per heavy atom. The maximum Gasteiger partial charge on any atom is 0.275 e. The van der Waals surface area contributed by atoms with Crippen molar-refractivity contribution in [3.8, 4) is 0 Å². The molecule has 0 bridgehead atoms. The Morgan fingerprint density at radius 3 is 2.65 bits per heavy atom. The normalized spacial score (nSPS) is 21.3. The van der Waals surface area contributed by atoms with Crippen LogP contribution in [0.5, 0.6) is 0 Å². The van der Waals surface area contributed by atoms with E-state index >= 15 is 0 Å². The van der Waals surface area contributed by atoms with Crippen molar-refractivity contribution >= 4 is 33.0 Å². The molecule has 0 aliphatic carbocycles. The number of fused-ring (bicyclic) bond motifs is 2. The van der Waals surface area contributed by atoms with Crippen LogP contribution in [0, 0.1) is 12.3 Å². The van der Waals surface area contributed by atoms with Gasteiger partial charge in [-0.3, -0.25) is 9.11 Å². The molecule has 5 N–H and O–H groups in total. The van der Waals surface area contributed by atoms with Crippen LogP contribution in [0.15, 0.2) is 48.5 Å². The van der Waals surface area contributed by atoms with Crippen LogP contribution < -0.4 is 16.0 Å². The topological polar surface area (TPSA) is 94.6 Å². The molecule has 0 amide bonds. The lowest BCUT2D eigenvalue weighted by Crippen LogP contribution is -2.54. The average molecular weight is 489 g/mol. The lowest BCUT2D eigenvalue weighted by atomic mass is 9.92. The third-order valence-corrected chi connectivity index (χ3v) is 9.05. The smallest absolute Gasteiger partial charge is 0.275 e. The maximum atomic E-state index is 14.8. The quantitative estimate of drug-likeness (QED) is 0.396. The molecular formula is C25H30F2N4O2S. The van der Waals surface area contributed by atoms with Crippen molar-refractivity contribution in [2.24, 2.45) is 11.1 Å². The zero-order valence-electron chi connectivity index (χ0n) is 19.1. The van der Waals surface area contributed by atoms with Gasteiger partial charge in [-0.2, -0.15) is 10.6 Å². The predicted molar refractivity (Wildman–Crippen MR) is 135 cm³/mol. The summed E-state index contributed by atoms with van der Waals surface area (Å²) in [5.41, 5.74) is 8.99. The van der Waals surface area contributed by atoms with E-state index in [9.17, 15) is 17.9 Å². The third-order valence-electron chi connectivity index (χ3n) is 6.90. The minimum atomic E-state index is -2.89. The first-order valence-corrected chi connectivity index (χ1v) is 13.3. The molecule has 3 heterocycles. The molecule has 9 heteroatoms. The Balaban J connectivity index is 1.50. The fourth-order valence-electron chi connectivity index (χ4n) is 5.05. The average Bonchev–Trinajstić information content (AvgIpc) is 2.92. The summed E-state index contributed by atoms with van der Waals surface area (Å²) in [6.07, 6.45) is -0.283. The number of benzene rings is 2. The van der Waals surface area contributed by atoms with Gasteiger partial charge in [0.1, 0.15) is 5.82 Å². The summed E-state index contributed by atoms with van der Waals surface area (Å²) in [6.45, 7) is 3.38. The highest BCUT2D eigenvalue weighted by atomic mass is 32.3. The van der Waals surface area contributed by atoms with E-state index in [1.165, 1.54) is 6.07 Å². The van der Waals surface area contributed by atoms with Gasteiger partial charge < -0.3 is 16.0 Å². The lowest BCUT2D eigenvalue weighted by molar-refractivity contribution is -0.00967. The van der Waals surface area contributed by atoms with Crippen molar-refractivity contribution in [2.75, 3.05) is 41.4 Å². The number of hydrogen-bond donors (Lipinski definition) is 4. The van der Waals surface area contributed by atoms with Crippen LogP contribution in [-0.4, -0.2) is 45.2 Å². The van der Waals surface area contributed by atoms with Crippen LogP contribution in [0.2, 0.25) is 0 Å². The second kappa shape index (κ2) is 8.34. The van der Waals surface area contributed by atoms with Gasteiger partial charge in [0.15, 0.2) is 0 Å². The van der Waals surface area contributed by atoms with E-state index in [4.69, 9.17) is 10.7 Å². The standard InChI is InChI=1S/C25H30F2N4O2S/c1-17-6-7-21-19(10-17)22(29-14-24(13-28)15-34(32,33)16-24)11-23(30-21)31-9-8-25(26,27)20-5-3-2-4-18(20)12-31/h2-7,10-11,32-33H,8-9,12-16,28H2,1H3,(H,29,30). The molecule has 2 aromatic carbocycles. The van der Waals surface area contributed by atoms with Gasteiger partial charge in [-0.15, -0.1) is 0 Å². The van der Waals surface area contributed by atoms with Gasteiger partial charge >= 0.3 is 0 Å². The number of aromatic nitrogens is 1. The Labute approximate surface area is 199 Å². The van der Waals surface area contributed by atoms with E-state index in [1.54, 1.807) is 18.2 Å². The minimum absolute atomic E-state index is 0.0844. The molecule has 182 valence electrons. The molecule has 0 radical (unpaired) electrons. The number of pyridine rings is 1. The monoisotopic (exact) mass is 488 g/mol. The van der Waals surface area contributed by atoms with Gasteiger partial charge in [0, 0.05) is 72.2 Å². The number of anilines is 2. The van der Waals surface area contributed by atoms with E-state index < -0.39 is 16.5 Å². The first-order chi connectivity index (χ1) is 16.1. The molecule has 0 atom stereocenters. The largest absolute Gasteiger partial charge is 0.384 e. The Kier molecular flexibility index (Phi) is 5.71. The minimum Gasteiger partial charge on any atom is -0.384 e. The van der Waals surface area contributed by atoms with Crippen LogP contribution in [0.4, 0.5) is 20.3 Å². The number of nitrogens with one attached hydrogen (secondary N) is 1. The number of aryl methyl sites for hydroxylation is 1.